The predicted molar refractivity (Wildman–Crippen MR) is 80.1 cm³/mol. The van der Waals surface area contributed by atoms with Crippen LogP contribution in [0.3, 0.4) is 0 Å². The van der Waals surface area contributed by atoms with Crippen LogP contribution in [0.2, 0.25) is 5.02 Å². The second kappa shape index (κ2) is 6.06. The molecule has 0 fully saturated rings. The van der Waals surface area contributed by atoms with E-state index in [4.69, 9.17) is 17.3 Å². The van der Waals surface area contributed by atoms with Crippen molar-refractivity contribution in [2.75, 3.05) is 0 Å². The van der Waals surface area contributed by atoms with Gasteiger partial charge in [0.2, 0.25) is 0 Å². The van der Waals surface area contributed by atoms with Crippen molar-refractivity contribution in [3.05, 3.63) is 51.6 Å². The lowest BCUT2D eigenvalue weighted by Crippen LogP contribution is -2.05. The van der Waals surface area contributed by atoms with Crippen molar-refractivity contribution in [1.29, 1.82) is 0 Å². The number of benzene rings is 1. The van der Waals surface area contributed by atoms with Crippen LogP contribution in [0.25, 0.3) is 0 Å². The molecule has 0 saturated carbocycles. The van der Waals surface area contributed by atoms with Crippen LogP contribution in [0.5, 0.6) is 0 Å². The van der Waals surface area contributed by atoms with Gasteiger partial charge in [0.15, 0.2) is 0 Å². The minimum atomic E-state index is 0.0110. The van der Waals surface area contributed by atoms with Crippen molar-refractivity contribution in [2.45, 2.75) is 22.9 Å². The molecule has 0 amide bonds. The van der Waals surface area contributed by atoms with Crippen LogP contribution in [0.15, 0.2) is 50.9 Å². The Bertz CT molecular complexity index is 560. The monoisotopic (exact) mass is 342 g/mol. The maximum Gasteiger partial charge on any atom is 0.119 e. The maximum absolute atomic E-state index is 6.08. The number of rotatable bonds is 3. The summed E-state index contributed by atoms with van der Waals surface area (Å²) in [5.74, 6) is 0. The van der Waals surface area contributed by atoms with Crippen LogP contribution in [0.1, 0.15) is 18.5 Å². The van der Waals surface area contributed by atoms with Crippen LogP contribution >= 0.6 is 39.3 Å². The van der Waals surface area contributed by atoms with E-state index in [1.807, 2.05) is 37.3 Å². The van der Waals surface area contributed by atoms with Gasteiger partial charge in [0.05, 0.1) is 5.02 Å². The number of pyridine rings is 1. The van der Waals surface area contributed by atoms with E-state index >= 15 is 0 Å². The Morgan fingerprint density at radius 2 is 2.17 bits per heavy atom. The normalized spacial score (nSPS) is 12.4. The van der Waals surface area contributed by atoms with Gasteiger partial charge >= 0.3 is 0 Å². The van der Waals surface area contributed by atoms with Crippen molar-refractivity contribution in [2.24, 2.45) is 5.73 Å². The van der Waals surface area contributed by atoms with Gasteiger partial charge in [-0.15, -0.1) is 0 Å². The fourth-order valence-corrected chi connectivity index (χ4v) is 3.44. The smallest absolute Gasteiger partial charge is 0.119 e. The Balaban J connectivity index is 2.26. The molecule has 1 heterocycles. The Morgan fingerprint density at radius 1 is 1.39 bits per heavy atom. The average molecular weight is 344 g/mol. The van der Waals surface area contributed by atoms with E-state index in [2.05, 4.69) is 20.9 Å². The molecule has 0 saturated heterocycles. The Morgan fingerprint density at radius 3 is 2.78 bits per heavy atom. The SMILES string of the molecule is C[C@@H](N)c1ccc(Sc2ncccc2Cl)cc1Br. The molecular formula is C13H12BrClN2S. The van der Waals surface area contributed by atoms with Crippen molar-refractivity contribution in [1.82, 2.24) is 4.98 Å². The molecule has 0 bridgehead atoms. The van der Waals surface area contributed by atoms with E-state index in [9.17, 15) is 0 Å². The van der Waals surface area contributed by atoms with E-state index in [1.165, 1.54) is 11.8 Å². The maximum atomic E-state index is 6.08. The molecule has 2 N–H and O–H groups in total. The van der Waals surface area contributed by atoms with Crippen LogP contribution < -0.4 is 5.73 Å². The quantitative estimate of drug-likeness (QED) is 0.880. The van der Waals surface area contributed by atoms with Crippen LogP contribution in [0, 0.1) is 0 Å². The van der Waals surface area contributed by atoms with E-state index in [1.54, 1.807) is 6.20 Å². The minimum absolute atomic E-state index is 0.0110. The summed E-state index contributed by atoms with van der Waals surface area (Å²) in [5, 5.41) is 1.47. The zero-order chi connectivity index (χ0) is 13.1. The number of hydrogen-bond acceptors (Lipinski definition) is 3. The second-order valence-corrected chi connectivity index (χ2v) is 6.19. The van der Waals surface area contributed by atoms with E-state index < -0.39 is 0 Å². The van der Waals surface area contributed by atoms with E-state index in [0.29, 0.717) is 5.02 Å². The topological polar surface area (TPSA) is 38.9 Å². The van der Waals surface area contributed by atoms with E-state index in [0.717, 1.165) is 20.0 Å². The molecule has 0 radical (unpaired) electrons. The summed E-state index contributed by atoms with van der Waals surface area (Å²) in [6, 6.07) is 9.75. The third-order valence-corrected chi connectivity index (χ3v) is 4.51. The van der Waals surface area contributed by atoms with Gasteiger partial charge in [-0.1, -0.05) is 45.4 Å². The number of halogens is 2. The summed E-state index contributed by atoms with van der Waals surface area (Å²) in [5.41, 5.74) is 6.96. The van der Waals surface area contributed by atoms with Gasteiger partial charge in [-0.25, -0.2) is 4.98 Å². The third kappa shape index (κ3) is 3.26. The fraction of sp³-hybridized carbons (Fsp3) is 0.154. The molecule has 5 heteroatoms. The molecule has 1 aromatic carbocycles. The zero-order valence-corrected chi connectivity index (χ0v) is 12.9. The molecular weight excluding hydrogens is 332 g/mol. The molecule has 0 aliphatic carbocycles. The minimum Gasteiger partial charge on any atom is -0.324 e. The molecule has 0 aliphatic heterocycles. The Labute approximate surface area is 124 Å². The van der Waals surface area contributed by atoms with Crippen molar-refractivity contribution in [3.63, 3.8) is 0 Å². The molecule has 1 aromatic heterocycles. The Kier molecular flexibility index (Phi) is 4.67. The van der Waals surface area contributed by atoms with Crippen LogP contribution in [0.4, 0.5) is 0 Å². The van der Waals surface area contributed by atoms with Gasteiger partial charge in [0, 0.05) is 21.6 Å². The van der Waals surface area contributed by atoms with Gasteiger partial charge in [-0.3, -0.25) is 0 Å². The van der Waals surface area contributed by atoms with Crippen molar-refractivity contribution in [3.8, 4) is 0 Å². The van der Waals surface area contributed by atoms with Crippen molar-refractivity contribution < 1.29 is 0 Å². The summed E-state index contributed by atoms with van der Waals surface area (Å²) in [7, 11) is 0. The van der Waals surface area contributed by atoms with Gasteiger partial charge in [0.1, 0.15) is 5.03 Å². The average Bonchev–Trinajstić information content (AvgIpc) is 2.32. The summed E-state index contributed by atoms with van der Waals surface area (Å²) < 4.78 is 1.01. The molecule has 94 valence electrons. The summed E-state index contributed by atoms with van der Waals surface area (Å²) in [6.45, 7) is 1.96. The highest BCUT2D eigenvalue weighted by Gasteiger charge is 2.08. The van der Waals surface area contributed by atoms with Crippen LogP contribution in [-0.2, 0) is 0 Å². The van der Waals surface area contributed by atoms with Gasteiger partial charge in [-0.2, -0.15) is 0 Å². The molecule has 0 unspecified atom stereocenters. The molecule has 1 atom stereocenters. The molecule has 0 aliphatic rings. The van der Waals surface area contributed by atoms with Gasteiger partial charge in [0.25, 0.3) is 0 Å². The summed E-state index contributed by atoms with van der Waals surface area (Å²) in [4.78, 5) is 5.33. The highest BCUT2D eigenvalue weighted by atomic mass is 79.9. The van der Waals surface area contributed by atoms with Gasteiger partial charge in [-0.05, 0) is 36.8 Å². The third-order valence-electron chi connectivity index (χ3n) is 2.40. The van der Waals surface area contributed by atoms with Gasteiger partial charge < -0.3 is 5.73 Å². The lowest BCUT2D eigenvalue weighted by molar-refractivity contribution is 0.811. The number of nitrogens with zero attached hydrogens (tertiary/aromatic N) is 1. The standard InChI is InChI=1S/C13H12BrClN2S/c1-8(16)10-5-4-9(7-11(10)14)18-13-12(15)3-2-6-17-13/h2-8H,16H2,1H3/t8-/m1/s1. The molecule has 2 rings (SSSR count). The molecule has 2 aromatic rings. The first-order valence-electron chi connectivity index (χ1n) is 5.41. The van der Waals surface area contributed by atoms with Crippen LogP contribution in [-0.4, -0.2) is 4.98 Å². The lowest BCUT2D eigenvalue weighted by atomic mass is 10.1. The fourth-order valence-electron chi connectivity index (χ4n) is 1.50. The van der Waals surface area contributed by atoms with Crippen molar-refractivity contribution >= 4 is 39.3 Å². The first-order valence-corrected chi connectivity index (χ1v) is 7.40. The largest absolute Gasteiger partial charge is 0.324 e. The second-order valence-electron chi connectivity index (χ2n) is 3.86. The first-order chi connectivity index (χ1) is 8.58. The first kappa shape index (κ1) is 13.9. The predicted octanol–water partition coefficient (Wildman–Crippen LogP) is 4.67. The molecule has 2 nitrogen and oxygen atoms in total. The molecule has 18 heavy (non-hydrogen) atoms. The lowest BCUT2D eigenvalue weighted by Gasteiger charge is -2.10. The zero-order valence-electron chi connectivity index (χ0n) is 9.73. The highest BCUT2D eigenvalue weighted by molar-refractivity contribution is 9.10. The summed E-state index contributed by atoms with van der Waals surface area (Å²) >= 11 is 11.1. The summed E-state index contributed by atoms with van der Waals surface area (Å²) in [6.07, 6.45) is 1.74. The number of aromatic nitrogens is 1. The Hall–Kier alpha value is -0.550. The number of hydrogen-bond donors (Lipinski definition) is 1. The molecule has 0 spiro atoms. The van der Waals surface area contributed by atoms with E-state index in [-0.39, 0.29) is 6.04 Å². The highest BCUT2D eigenvalue weighted by Crippen LogP contribution is 2.34. The number of nitrogens with two attached hydrogens (primary N) is 1.